The van der Waals surface area contributed by atoms with Crippen molar-refractivity contribution in [2.45, 2.75) is 31.8 Å². The van der Waals surface area contributed by atoms with Gasteiger partial charge in [0, 0.05) is 24.6 Å². The number of amides is 1. The fourth-order valence-electron chi connectivity index (χ4n) is 3.67. The van der Waals surface area contributed by atoms with E-state index in [0.29, 0.717) is 12.2 Å². The first-order valence-corrected chi connectivity index (χ1v) is 9.62. The highest BCUT2D eigenvalue weighted by molar-refractivity contribution is 5.94. The molecule has 0 radical (unpaired) electrons. The van der Waals surface area contributed by atoms with Gasteiger partial charge in [-0.3, -0.25) is 19.0 Å². The van der Waals surface area contributed by atoms with Gasteiger partial charge in [-0.2, -0.15) is 0 Å². The van der Waals surface area contributed by atoms with Crippen LogP contribution >= 0.6 is 12.4 Å². The highest BCUT2D eigenvalue weighted by Gasteiger charge is 2.28. The Bertz CT molecular complexity index is 1020. The molecule has 3 aromatic rings. The minimum atomic E-state index is -0.339. The molecule has 8 heteroatoms. The molecule has 1 atom stereocenters. The Kier molecular flexibility index (Phi) is 6.95. The molecule has 7 nitrogen and oxygen atoms in total. The molecule has 0 spiro atoms. The molecule has 1 aliphatic rings. The van der Waals surface area contributed by atoms with Crippen LogP contribution in [0, 0.1) is 0 Å². The molecule has 4 heterocycles. The summed E-state index contributed by atoms with van der Waals surface area (Å²) in [6.45, 7) is 2.18. The van der Waals surface area contributed by atoms with Gasteiger partial charge in [-0.05, 0) is 56.6 Å². The van der Waals surface area contributed by atoms with Crippen molar-refractivity contribution in [3.05, 3.63) is 76.6 Å². The average Bonchev–Trinajstić information content (AvgIpc) is 3.02. The Balaban J connectivity index is 0.00000240. The quantitative estimate of drug-likeness (QED) is 0.709. The summed E-state index contributed by atoms with van der Waals surface area (Å²) in [4.78, 5) is 36.8. The van der Waals surface area contributed by atoms with Gasteiger partial charge in [-0.15, -0.1) is 12.4 Å². The lowest BCUT2D eigenvalue weighted by Gasteiger charge is -2.30. The van der Waals surface area contributed by atoms with Gasteiger partial charge in [0.25, 0.3) is 11.5 Å². The van der Waals surface area contributed by atoms with Crippen LogP contribution in [-0.2, 0) is 6.54 Å². The molecule has 0 aliphatic carbocycles. The third kappa shape index (κ3) is 4.63. The van der Waals surface area contributed by atoms with E-state index in [0.717, 1.165) is 38.0 Å². The number of pyridine rings is 2. The Hall–Kier alpha value is -2.77. The van der Waals surface area contributed by atoms with Crippen LogP contribution in [0.4, 0.5) is 0 Å². The van der Waals surface area contributed by atoms with E-state index in [1.807, 2.05) is 24.3 Å². The zero-order chi connectivity index (χ0) is 19.3. The second-order valence-electron chi connectivity index (χ2n) is 6.99. The van der Waals surface area contributed by atoms with Crippen LogP contribution in [0.1, 0.15) is 35.3 Å². The van der Waals surface area contributed by atoms with Crippen molar-refractivity contribution < 1.29 is 4.79 Å². The smallest absolute Gasteiger partial charge is 0.270 e. The molecule has 3 aromatic heterocycles. The van der Waals surface area contributed by atoms with Crippen molar-refractivity contribution in [2.24, 2.45) is 0 Å². The second-order valence-corrected chi connectivity index (χ2v) is 6.99. The first-order chi connectivity index (χ1) is 13.7. The van der Waals surface area contributed by atoms with E-state index in [1.54, 1.807) is 29.4 Å². The van der Waals surface area contributed by atoms with E-state index in [4.69, 9.17) is 0 Å². The zero-order valence-corrected chi connectivity index (χ0v) is 16.8. The van der Waals surface area contributed by atoms with Crippen molar-refractivity contribution in [1.29, 1.82) is 0 Å². The van der Waals surface area contributed by atoms with Gasteiger partial charge in [0.05, 0.1) is 12.2 Å². The molecule has 152 valence electrons. The van der Waals surface area contributed by atoms with Crippen LogP contribution in [0.5, 0.6) is 0 Å². The summed E-state index contributed by atoms with van der Waals surface area (Å²) in [6, 6.07) is 11.0. The third-order valence-corrected chi connectivity index (χ3v) is 5.15. The van der Waals surface area contributed by atoms with Gasteiger partial charge in [-0.1, -0.05) is 12.1 Å². The van der Waals surface area contributed by atoms with E-state index in [-0.39, 0.29) is 35.5 Å². The van der Waals surface area contributed by atoms with Crippen LogP contribution < -0.4 is 10.9 Å². The van der Waals surface area contributed by atoms with E-state index in [2.05, 4.69) is 15.3 Å². The van der Waals surface area contributed by atoms with Crippen molar-refractivity contribution in [3.8, 4) is 0 Å². The molecular weight excluding hydrogens is 390 g/mol. The van der Waals surface area contributed by atoms with E-state index >= 15 is 0 Å². The monoisotopic (exact) mass is 413 g/mol. The molecule has 1 amide bonds. The Morgan fingerprint density at radius 1 is 1.14 bits per heavy atom. The maximum atomic E-state index is 13.4. The summed E-state index contributed by atoms with van der Waals surface area (Å²) in [5.41, 5.74) is 1.09. The maximum Gasteiger partial charge on any atom is 0.270 e. The lowest BCUT2D eigenvalue weighted by Crippen LogP contribution is -2.43. The van der Waals surface area contributed by atoms with Gasteiger partial charge in [-0.25, -0.2) is 4.98 Å². The predicted molar refractivity (Wildman–Crippen MR) is 113 cm³/mol. The maximum absolute atomic E-state index is 13.4. The van der Waals surface area contributed by atoms with E-state index in [9.17, 15) is 9.59 Å². The molecule has 1 unspecified atom stereocenters. The Morgan fingerprint density at radius 2 is 2.00 bits per heavy atom. The number of nitrogens with zero attached hydrogens (tertiary/aromatic N) is 4. The molecule has 4 rings (SSSR count). The van der Waals surface area contributed by atoms with Crippen molar-refractivity contribution in [1.82, 2.24) is 24.6 Å². The normalized spacial score (nSPS) is 16.6. The van der Waals surface area contributed by atoms with Crippen molar-refractivity contribution in [3.63, 3.8) is 0 Å². The molecule has 29 heavy (non-hydrogen) atoms. The lowest BCUT2D eigenvalue weighted by atomic mass is 10.1. The summed E-state index contributed by atoms with van der Waals surface area (Å²) in [5.74, 6) is -0.284. The molecule has 1 saturated heterocycles. The number of hydrogen-bond donors (Lipinski definition) is 1. The third-order valence-electron chi connectivity index (χ3n) is 5.15. The molecule has 0 saturated carbocycles. The largest absolute Gasteiger partial charge is 0.329 e. The molecule has 1 aliphatic heterocycles. The Labute approximate surface area is 175 Å². The predicted octanol–water partition coefficient (Wildman–Crippen LogP) is 2.30. The van der Waals surface area contributed by atoms with Gasteiger partial charge < -0.3 is 10.2 Å². The number of hydrogen-bond acceptors (Lipinski definition) is 5. The number of nitrogens with one attached hydrogen (secondary N) is 1. The topological polar surface area (TPSA) is 79.6 Å². The second kappa shape index (κ2) is 9.62. The van der Waals surface area contributed by atoms with Crippen LogP contribution in [0.15, 0.2) is 59.8 Å². The molecule has 0 aromatic carbocycles. The first-order valence-electron chi connectivity index (χ1n) is 9.62. The molecule has 1 N–H and O–H groups in total. The number of carbonyl (C=O) groups excluding carboxylic acids is 1. The molecular formula is C21H24ClN5O2. The molecule has 0 bridgehead atoms. The lowest BCUT2D eigenvalue weighted by molar-refractivity contribution is 0.0640. The molecule has 1 fully saturated rings. The zero-order valence-electron chi connectivity index (χ0n) is 16.0. The van der Waals surface area contributed by atoms with Gasteiger partial charge >= 0.3 is 0 Å². The summed E-state index contributed by atoms with van der Waals surface area (Å²) in [5, 5.41) is 3.38. The van der Waals surface area contributed by atoms with Crippen LogP contribution in [0.3, 0.4) is 0 Å². The summed E-state index contributed by atoms with van der Waals surface area (Å²) >= 11 is 0. The van der Waals surface area contributed by atoms with Gasteiger partial charge in [0.1, 0.15) is 11.2 Å². The van der Waals surface area contributed by atoms with Crippen molar-refractivity contribution in [2.75, 3.05) is 13.1 Å². The number of fused-ring (bicyclic) bond motifs is 1. The van der Waals surface area contributed by atoms with Crippen LogP contribution in [0.25, 0.3) is 5.65 Å². The SMILES string of the molecule is Cl.O=C(c1cnc2ccccn2c1=O)N(Cc1ccccn1)C1CCCNCC1. The van der Waals surface area contributed by atoms with Crippen LogP contribution in [-0.4, -0.2) is 44.3 Å². The summed E-state index contributed by atoms with van der Waals surface area (Å²) in [6.07, 6.45) is 7.50. The average molecular weight is 414 g/mol. The fraction of sp³-hybridized carbons (Fsp3) is 0.333. The summed E-state index contributed by atoms with van der Waals surface area (Å²) < 4.78 is 1.42. The summed E-state index contributed by atoms with van der Waals surface area (Å²) in [7, 11) is 0. The highest BCUT2D eigenvalue weighted by Crippen LogP contribution is 2.18. The number of rotatable bonds is 4. The van der Waals surface area contributed by atoms with Gasteiger partial charge in [0.2, 0.25) is 0 Å². The minimum absolute atomic E-state index is 0. The van der Waals surface area contributed by atoms with E-state index < -0.39 is 0 Å². The highest BCUT2D eigenvalue weighted by atomic mass is 35.5. The van der Waals surface area contributed by atoms with Crippen molar-refractivity contribution >= 4 is 24.0 Å². The number of carbonyl (C=O) groups is 1. The van der Waals surface area contributed by atoms with E-state index in [1.165, 1.54) is 10.6 Å². The Morgan fingerprint density at radius 3 is 2.83 bits per heavy atom. The minimum Gasteiger partial charge on any atom is -0.329 e. The number of halogens is 1. The van der Waals surface area contributed by atoms with Crippen LogP contribution in [0.2, 0.25) is 0 Å². The van der Waals surface area contributed by atoms with Gasteiger partial charge in [0.15, 0.2) is 0 Å². The first kappa shape index (κ1) is 21.0. The fourth-order valence-corrected chi connectivity index (χ4v) is 3.67. The number of aromatic nitrogens is 3. The standard InChI is InChI=1S/C21H23N5O2.ClH/c27-20-18(14-24-19-8-2-4-13-25(19)20)21(28)26(15-16-6-1-3-11-23-16)17-7-5-10-22-12-9-17;/h1-4,6,8,11,13-14,17,22H,5,7,9-10,12,15H2;1H.